The van der Waals surface area contributed by atoms with Gasteiger partial charge >= 0.3 is 0 Å². The lowest BCUT2D eigenvalue weighted by Gasteiger charge is -2.25. The second-order valence-electron chi connectivity index (χ2n) is 5.98. The highest BCUT2D eigenvalue weighted by molar-refractivity contribution is 9.13. The average molecular weight is 523 g/mol. The molecule has 0 aliphatic carbocycles. The Balaban J connectivity index is 2.30. The Kier molecular flexibility index (Phi) is 7.30. The summed E-state index contributed by atoms with van der Waals surface area (Å²) in [5.74, 6) is -0.378. The molecule has 1 aromatic heterocycles. The maximum Gasteiger partial charge on any atom is 0.266 e. The van der Waals surface area contributed by atoms with Crippen molar-refractivity contribution in [1.29, 1.82) is 0 Å². The molecule has 2 aromatic rings. The molecule has 0 spiro atoms. The summed E-state index contributed by atoms with van der Waals surface area (Å²) >= 11 is 14.4. The van der Waals surface area contributed by atoms with Crippen LogP contribution < -0.4 is 5.32 Å². The number of nitrogens with zero attached hydrogens (tertiary/aromatic N) is 1. The van der Waals surface area contributed by atoms with Crippen molar-refractivity contribution < 1.29 is 9.59 Å². The molecule has 2 amide bonds. The van der Waals surface area contributed by atoms with Crippen molar-refractivity contribution >= 4 is 72.3 Å². The topological polar surface area (TPSA) is 49.4 Å². The maximum atomic E-state index is 12.8. The summed E-state index contributed by atoms with van der Waals surface area (Å²) in [7, 11) is 0. The van der Waals surface area contributed by atoms with Crippen LogP contribution in [0.15, 0.2) is 26.5 Å². The van der Waals surface area contributed by atoms with Crippen LogP contribution in [-0.4, -0.2) is 29.3 Å². The summed E-state index contributed by atoms with van der Waals surface area (Å²) in [6, 6.07) is 5.01. The van der Waals surface area contributed by atoms with Crippen molar-refractivity contribution in [3.8, 4) is 0 Å². The summed E-state index contributed by atoms with van der Waals surface area (Å²) < 4.78 is 1.73. The van der Waals surface area contributed by atoms with E-state index in [1.165, 1.54) is 11.3 Å². The van der Waals surface area contributed by atoms with Gasteiger partial charge in [0, 0.05) is 22.7 Å². The normalized spacial score (nSPS) is 10.9. The highest BCUT2D eigenvalue weighted by Gasteiger charge is 2.21. The largest absolute Gasteiger partial charge is 0.336 e. The number of carbonyl (C=O) groups is 2. The quantitative estimate of drug-likeness (QED) is 0.497. The van der Waals surface area contributed by atoms with Gasteiger partial charge in [0.25, 0.3) is 11.8 Å². The Bertz CT molecular complexity index is 852. The smallest absolute Gasteiger partial charge is 0.266 e. The zero-order valence-corrected chi connectivity index (χ0v) is 19.6. The number of benzene rings is 1. The van der Waals surface area contributed by atoms with E-state index in [1.54, 1.807) is 23.1 Å². The third-order valence-electron chi connectivity index (χ3n) is 3.92. The Morgan fingerprint density at radius 1 is 1.31 bits per heavy atom. The number of hydrogen-bond acceptors (Lipinski definition) is 3. The number of rotatable bonds is 5. The van der Waals surface area contributed by atoms with Crippen LogP contribution in [0.2, 0.25) is 5.02 Å². The first-order valence-corrected chi connectivity index (χ1v) is 10.8. The van der Waals surface area contributed by atoms with Crippen molar-refractivity contribution in [2.24, 2.45) is 0 Å². The molecule has 4 nitrogen and oxygen atoms in total. The Labute approximate surface area is 179 Å². The Hall–Kier alpha value is -0.890. The van der Waals surface area contributed by atoms with E-state index in [1.807, 2.05) is 27.7 Å². The Morgan fingerprint density at radius 2 is 1.96 bits per heavy atom. The second kappa shape index (κ2) is 8.87. The third-order valence-corrected chi connectivity index (χ3v) is 8.00. The number of hydrogen-bond donors (Lipinski definition) is 1. The van der Waals surface area contributed by atoms with Crippen LogP contribution in [0.4, 0.5) is 5.69 Å². The van der Waals surface area contributed by atoms with E-state index < -0.39 is 0 Å². The molecule has 1 N–H and O–H groups in total. The van der Waals surface area contributed by atoms with Gasteiger partial charge in [-0.2, -0.15) is 0 Å². The molecule has 26 heavy (non-hydrogen) atoms. The van der Waals surface area contributed by atoms with Gasteiger partial charge < -0.3 is 10.2 Å². The molecule has 0 saturated heterocycles. The van der Waals surface area contributed by atoms with Gasteiger partial charge in [-0.15, -0.1) is 11.3 Å². The van der Waals surface area contributed by atoms with Gasteiger partial charge in [-0.25, -0.2) is 0 Å². The first-order chi connectivity index (χ1) is 12.2. The monoisotopic (exact) mass is 520 g/mol. The van der Waals surface area contributed by atoms with Crippen LogP contribution in [-0.2, 0) is 0 Å². The lowest BCUT2D eigenvalue weighted by Crippen LogP contribution is -2.36. The number of carbonyl (C=O) groups excluding carboxylic acids is 2. The molecule has 0 fully saturated rings. The van der Waals surface area contributed by atoms with E-state index in [9.17, 15) is 9.59 Å². The average Bonchev–Trinajstić information content (AvgIpc) is 2.84. The van der Waals surface area contributed by atoms with E-state index in [4.69, 9.17) is 11.6 Å². The summed E-state index contributed by atoms with van der Waals surface area (Å²) in [6.07, 6.45) is 0. The van der Waals surface area contributed by atoms with Gasteiger partial charge in [-0.05, 0) is 83.3 Å². The second-order valence-corrected chi connectivity index (χ2v) is 9.52. The van der Waals surface area contributed by atoms with Gasteiger partial charge in [0.1, 0.15) is 0 Å². The number of amides is 2. The van der Waals surface area contributed by atoms with Crippen LogP contribution in [0.1, 0.15) is 46.4 Å². The van der Waals surface area contributed by atoms with E-state index in [0.717, 1.165) is 13.8 Å². The minimum absolute atomic E-state index is 0.0604. The SMILES string of the molecule is CCN(C(=O)c1cc(NC(=O)c2sc(Br)c(Br)c2C)ccc1Cl)C(C)C. The molecular formula is C18H19Br2ClN2O2S. The molecule has 0 aliphatic rings. The number of nitrogens with one attached hydrogen (secondary N) is 1. The van der Waals surface area contributed by atoms with E-state index in [-0.39, 0.29) is 17.9 Å². The molecule has 0 bridgehead atoms. The third kappa shape index (κ3) is 4.50. The molecule has 0 saturated carbocycles. The fourth-order valence-corrected chi connectivity index (χ4v) is 4.90. The summed E-state index contributed by atoms with van der Waals surface area (Å²) in [4.78, 5) is 27.7. The first-order valence-electron chi connectivity index (χ1n) is 8.03. The van der Waals surface area contributed by atoms with Crippen LogP contribution in [0.5, 0.6) is 0 Å². The molecular weight excluding hydrogens is 504 g/mol. The highest BCUT2D eigenvalue weighted by atomic mass is 79.9. The van der Waals surface area contributed by atoms with Gasteiger partial charge in [-0.1, -0.05) is 11.6 Å². The van der Waals surface area contributed by atoms with Crippen molar-refractivity contribution in [3.05, 3.63) is 47.5 Å². The van der Waals surface area contributed by atoms with Crippen LogP contribution in [0, 0.1) is 6.92 Å². The Morgan fingerprint density at radius 3 is 2.46 bits per heavy atom. The van der Waals surface area contributed by atoms with Crippen molar-refractivity contribution in [2.45, 2.75) is 33.7 Å². The summed E-state index contributed by atoms with van der Waals surface area (Å²) in [5, 5.41) is 3.21. The van der Waals surface area contributed by atoms with Gasteiger partial charge in [0.15, 0.2) is 0 Å². The van der Waals surface area contributed by atoms with Crippen molar-refractivity contribution in [3.63, 3.8) is 0 Å². The predicted octanol–water partition coefficient (Wildman–Crippen LogP) is 6.36. The zero-order valence-electron chi connectivity index (χ0n) is 14.8. The molecule has 0 unspecified atom stereocenters. The number of anilines is 1. The molecule has 140 valence electrons. The minimum atomic E-state index is -0.226. The van der Waals surface area contributed by atoms with Crippen molar-refractivity contribution in [2.75, 3.05) is 11.9 Å². The van der Waals surface area contributed by atoms with Gasteiger partial charge in [-0.3, -0.25) is 9.59 Å². The lowest BCUT2D eigenvalue weighted by atomic mass is 10.1. The lowest BCUT2D eigenvalue weighted by molar-refractivity contribution is 0.0717. The molecule has 1 aromatic carbocycles. The fourth-order valence-electron chi connectivity index (χ4n) is 2.53. The van der Waals surface area contributed by atoms with Crippen LogP contribution in [0.3, 0.4) is 0 Å². The number of thiophene rings is 1. The minimum Gasteiger partial charge on any atom is -0.336 e. The van der Waals surface area contributed by atoms with E-state index in [2.05, 4.69) is 37.2 Å². The fraction of sp³-hybridized carbons (Fsp3) is 0.333. The molecule has 2 rings (SSSR count). The van der Waals surface area contributed by atoms with Crippen LogP contribution >= 0.6 is 54.8 Å². The van der Waals surface area contributed by atoms with E-state index >= 15 is 0 Å². The molecule has 0 aliphatic heterocycles. The van der Waals surface area contributed by atoms with Gasteiger partial charge in [0.2, 0.25) is 0 Å². The number of halogens is 3. The summed E-state index contributed by atoms with van der Waals surface area (Å²) in [6.45, 7) is 8.29. The maximum absolute atomic E-state index is 12.8. The highest BCUT2D eigenvalue weighted by Crippen LogP contribution is 2.37. The summed E-state index contributed by atoms with van der Waals surface area (Å²) in [5.41, 5.74) is 1.77. The van der Waals surface area contributed by atoms with Gasteiger partial charge in [0.05, 0.1) is 19.2 Å². The van der Waals surface area contributed by atoms with Crippen molar-refractivity contribution in [1.82, 2.24) is 4.90 Å². The van der Waals surface area contributed by atoms with Crippen LogP contribution in [0.25, 0.3) is 0 Å². The van der Waals surface area contributed by atoms with E-state index in [0.29, 0.717) is 27.7 Å². The molecule has 0 atom stereocenters. The standard InChI is InChI=1S/C18H19Br2ClN2O2S/c1-5-23(9(2)3)18(25)12-8-11(6-7-13(12)21)22-17(24)15-10(4)14(19)16(20)26-15/h6-9H,5H2,1-4H3,(H,22,24). The molecule has 1 heterocycles. The predicted molar refractivity (Wildman–Crippen MR) is 116 cm³/mol. The zero-order chi connectivity index (χ0) is 19.6. The first kappa shape index (κ1) is 21.4. The molecule has 8 heteroatoms. The molecule has 0 radical (unpaired) electrons.